The van der Waals surface area contributed by atoms with Crippen molar-refractivity contribution in [2.75, 3.05) is 18.0 Å². The fourth-order valence-corrected chi connectivity index (χ4v) is 4.55. The number of anilines is 1. The third kappa shape index (κ3) is 3.72. The maximum Gasteiger partial charge on any atom is 0.269 e. The SMILES string of the molecule is O=C(NCCc1ccccc1)[C@@H]1Cc2cc([N+](=O)[O-])ccc2N2CCCC[C@H]12. The van der Waals surface area contributed by atoms with Crippen LogP contribution in [-0.2, 0) is 17.6 Å². The summed E-state index contributed by atoms with van der Waals surface area (Å²) in [6, 6.07) is 15.4. The highest BCUT2D eigenvalue weighted by molar-refractivity contribution is 5.82. The zero-order chi connectivity index (χ0) is 19.5. The number of hydrogen-bond acceptors (Lipinski definition) is 4. The normalized spacial score (nSPS) is 20.8. The summed E-state index contributed by atoms with van der Waals surface area (Å²) in [5, 5.41) is 14.3. The minimum Gasteiger partial charge on any atom is -0.368 e. The number of piperidine rings is 1. The number of nitro benzene ring substituents is 1. The maximum atomic E-state index is 13.0. The molecule has 1 fully saturated rings. The van der Waals surface area contributed by atoms with Gasteiger partial charge >= 0.3 is 0 Å². The first-order chi connectivity index (χ1) is 13.6. The van der Waals surface area contributed by atoms with Crippen LogP contribution in [0.25, 0.3) is 0 Å². The average molecular weight is 379 g/mol. The molecule has 0 radical (unpaired) electrons. The number of nitrogens with zero attached hydrogens (tertiary/aromatic N) is 2. The van der Waals surface area contributed by atoms with Crippen molar-refractivity contribution in [2.24, 2.45) is 5.92 Å². The van der Waals surface area contributed by atoms with Crippen molar-refractivity contribution in [3.63, 3.8) is 0 Å². The summed E-state index contributed by atoms with van der Waals surface area (Å²) < 4.78 is 0. The van der Waals surface area contributed by atoms with Gasteiger partial charge in [-0.2, -0.15) is 0 Å². The Bertz CT molecular complexity index is 869. The lowest BCUT2D eigenvalue weighted by molar-refractivity contribution is -0.384. The summed E-state index contributed by atoms with van der Waals surface area (Å²) in [6.07, 6.45) is 4.57. The Morgan fingerprint density at radius 1 is 1.18 bits per heavy atom. The van der Waals surface area contributed by atoms with E-state index in [0.717, 1.165) is 43.5 Å². The van der Waals surface area contributed by atoms with Gasteiger partial charge in [-0.3, -0.25) is 14.9 Å². The zero-order valence-corrected chi connectivity index (χ0v) is 15.8. The number of rotatable bonds is 5. The molecule has 28 heavy (non-hydrogen) atoms. The Labute approximate surface area is 164 Å². The Morgan fingerprint density at radius 3 is 2.79 bits per heavy atom. The van der Waals surface area contributed by atoms with Gasteiger partial charge in [0.1, 0.15) is 0 Å². The minimum absolute atomic E-state index is 0.0602. The first-order valence-electron chi connectivity index (χ1n) is 9.99. The molecule has 146 valence electrons. The first-order valence-corrected chi connectivity index (χ1v) is 9.99. The van der Waals surface area contributed by atoms with E-state index in [-0.39, 0.29) is 28.5 Å². The molecule has 1 saturated heterocycles. The Kier molecular flexibility index (Phi) is 5.28. The van der Waals surface area contributed by atoms with E-state index in [2.05, 4.69) is 22.3 Å². The van der Waals surface area contributed by atoms with Crippen molar-refractivity contribution in [1.29, 1.82) is 0 Å². The van der Waals surface area contributed by atoms with E-state index in [9.17, 15) is 14.9 Å². The Balaban J connectivity index is 1.50. The molecule has 2 atom stereocenters. The predicted molar refractivity (Wildman–Crippen MR) is 108 cm³/mol. The van der Waals surface area contributed by atoms with Crippen LogP contribution in [0.2, 0.25) is 0 Å². The highest BCUT2D eigenvalue weighted by atomic mass is 16.6. The lowest BCUT2D eigenvalue weighted by Gasteiger charge is -2.45. The van der Waals surface area contributed by atoms with E-state index >= 15 is 0 Å². The van der Waals surface area contributed by atoms with Gasteiger partial charge in [-0.1, -0.05) is 30.3 Å². The van der Waals surface area contributed by atoms with Crippen molar-refractivity contribution in [2.45, 2.75) is 38.1 Å². The van der Waals surface area contributed by atoms with Crippen LogP contribution in [0.5, 0.6) is 0 Å². The topological polar surface area (TPSA) is 75.5 Å². The molecule has 2 aliphatic rings. The van der Waals surface area contributed by atoms with Gasteiger partial charge in [-0.05, 0) is 49.3 Å². The van der Waals surface area contributed by atoms with Gasteiger partial charge in [0.2, 0.25) is 5.91 Å². The summed E-state index contributed by atoms with van der Waals surface area (Å²) in [5.41, 5.74) is 3.27. The lowest BCUT2D eigenvalue weighted by atomic mass is 9.80. The van der Waals surface area contributed by atoms with Crippen molar-refractivity contribution in [1.82, 2.24) is 5.32 Å². The molecular formula is C22H25N3O3. The van der Waals surface area contributed by atoms with Crippen LogP contribution in [0.4, 0.5) is 11.4 Å². The molecular weight excluding hydrogens is 354 g/mol. The van der Waals surface area contributed by atoms with Crippen LogP contribution in [-0.4, -0.2) is 30.0 Å². The van der Waals surface area contributed by atoms with E-state index in [1.54, 1.807) is 12.1 Å². The standard InChI is InChI=1S/C22H25N3O3/c26-22(23-12-11-16-6-2-1-3-7-16)19-15-17-14-18(25(27)28)9-10-20(17)24-13-5-4-8-21(19)24/h1-3,6-7,9-10,14,19,21H,4-5,8,11-13,15H2,(H,23,26)/t19-,21-/m1/s1. The monoisotopic (exact) mass is 379 g/mol. The second kappa shape index (κ2) is 8.00. The molecule has 2 aromatic carbocycles. The van der Waals surface area contributed by atoms with E-state index in [1.807, 2.05) is 24.3 Å². The fraction of sp³-hybridized carbons (Fsp3) is 0.409. The highest BCUT2D eigenvalue weighted by Crippen LogP contribution is 2.39. The number of benzene rings is 2. The average Bonchev–Trinajstić information content (AvgIpc) is 2.73. The number of carbonyl (C=O) groups is 1. The van der Waals surface area contributed by atoms with Gasteiger partial charge in [-0.25, -0.2) is 0 Å². The minimum atomic E-state index is -0.364. The Hall–Kier alpha value is -2.89. The van der Waals surface area contributed by atoms with E-state index in [1.165, 1.54) is 5.56 Å². The molecule has 6 nitrogen and oxygen atoms in total. The molecule has 0 bridgehead atoms. The number of amides is 1. The predicted octanol–water partition coefficient (Wildman–Crippen LogP) is 3.48. The molecule has 0 unspecified atom stereocenters. The van der Waals surface area contributed by atoms with E-state index in [4.69, 9.17) is 0 Å². The van der Waals surface area contributed by atoms with Crippen LogP contribution in [0.15, 0.2) is 48.5 Å². The number of non-ortho nitro benzene ring substituents is 1. The summed E-state index contributed by atoms with van der Waals surface area (Å²) in [5.74, 6) is -0.101. The quantitative estimate of drug-likeness (QED) is 0.637. The van der Waals surface area contributed by atoms with Gasteiger partial charge in [0.15, 0.2) is 0 Å². The summed E-state index contributed by atoms with van der Waals surface area (Å²) in [4.78, 5) is 26.1. The van der Waals surface area contributed by atoms with Gasteiger partial charge in [0.25, 0.3) is 5.69 Å². The van der Waals surface area contributed by atoms with Crippen LogP contribution < -0.4 is 10.2 Å². The summed E-state index contributed by atoms with van der Waals surface area (Å²) in [6.45, 7) is 1.51. The van der Waals surface area contributed by atoms with Crippen LogP contribution in [0.3, 0.4) is 0 Å². The molecule has 6 heteroatoms. The smallest absolute Gasteiger partial charge is 0.269 e. The van der Waals surface area contributed by atoms with Gasteiger partial charge in [0.05, 0.1) is 10.8 Å². The van der Waals surface area contributed by atoms with E-state index < -0.39 is 0 Å². The van der Waals surface area contributed by atoms with Gasteiger partial charge < -0.3 is 10.2 Å². The number of fused-ring (bicyclic) bond motifs is 3. The Morgan fingerprint density at radius 2 is 2.00 bits per heavy atom. The second-order valence-electron chi connectivity index (χ2n) is 7.66. The second-order valence-corrected chi connectivity index (χ2v) is 7.66. The third-order valence-corrected chi connectivity index (χ3v) is 5.93. The molecule has 0 spiro atoms. The van der Waals surface area contributed by atoms with Crippen molar-refractivity contribution >= 4 is 17.3 Å². The first kappa shape index (κ1) is 18.5. The number of hydrogen-bond donors (Lipinski definition) is 1. The molecule has 0 aromatic heterocycles. The molecule has 1 N–H and O–H groups in total. The summed E-state index contributed by atoms with van der Waals surface area (Å²) in [7, 11) is 0. The summed E-state index contributed by atoms with van der Waals surface area (Å²) >= 11 is 0. The lowest BCUT2D eigenvalue weighted by Crippen LogP contribution is -2.53. The maximum absolute atomic E-state index is 13.0. The molecule has 0 saturated carbocycles. The van der Waals surface area contributed by atoms with Crippen LogP contribution >= 0.6 is 0 Å². The number of nitrogens with one attached hydrogen (secondary N) is 1. The largest absolute Gasteiger partial charge is 0.368 e. The molecule has 0 aliphatic carbocycles. The van der Waals surface area contributed by atoms with Crippen LogP contribution in [0, 0.1) is 16.0 Å². The van der Waals surface area contributed by atoms with Crippen LogP contribution in [0.1, 0.15) is 30.4 Å². The molecule has 2 aromatic rings. The number of carbonyl (C=O) groups excluding carboxylic acids is 1. The van der Waals surface area contributed by atoms with Gasteiger partial charge in [-0.15, -0.1) is 0 Å². The zero-order valence-electron chi connectivity index (χ0n) is 15.8. The highest BCUT2D eigenvalue weighted by Gasteiger charge is 2.39. The number of nitro groups is 1. The fourth-order valence-electron chi connectivity index (χ4n) is 4.55. The van der Waals surface area contributed by atoms with E-state index in [0.29, 0.717) is 13.0 Å². The van der Waals surface area contributed by atoms with Crippen molar-refractivity contribution in [3.05, 3.63) is 69.8 Å². The third-order valence-electron chi connectivity index (χ3n) is 5.93. The molecule has 4 rings (SSSR count). The molecule has 2 heterocycles. The van der Waals surface area contributed by atoms with Crippen molar-refractivity contribution < 1.29 is 9.72 Å². The molecule has 1 amide bonds. The van der Waals surface area contributed by atoms with Crippen molar-refractivity contribution in [3.8, 4) is 0 Å². The van der Waals surface area contributed by atoms with Gasteiger partial charge in [0, 0.05) is 37.0 Å². The molecule has 2 aliphatic heterocycles.